The van der Waals surface area contributed by atoms with E-state index in [1.54, 1.807) is 0 Å². The normalized spacial score (nSPS) is 10.5. The number of nitrogens with two attached hydrogens (primary N) is 1. The molecule has 0 aliphatic heterocycles. The first-order chi connectivity index (χ1) is 6.65. The van der Waals surface area contributed by atoms with Crippen LogP contribution in [-0.2, 0) is 13.0 Å². The smallest absolute Gasteiger partial charge is 0.0856 e. The number of hydrogen-bond acceptors (Lipinski definition) is 3. The van der Waals surface area contributed by atoms with Crippen molar-refractivity contribution >= 4 is 0 Å². The van der Waals surface area contributed by atoms with Gasteiger partial charge in [0, 0.05) is 0 Å². The van der Waals surface area contributed by atoms with E-state index in [4.69, 9.17) is 5.73 Å². The maximum Gasteiger partial charge on any atom is 0.0856 e. The van der Waals surface area contributed by atoms with Crippen molar-refractivity contribution in [3.05, 3.63) is 23.5 Å². The fourth-order valence-corrected chi connectivity index (χ4v) is 1.30. The minimum atomic E-state index is 0.701. The summed E-state index contributed by atoms with van der Waals surface area (Å²) in [6, 6.07) is 0. The second-order valence-electron chi connectivity index (χ2n) is 3.63. The predicted molar refractivity (Wildman–Crippen MR) is 56.9 cm³/mol. The molecule has 1 aromatic rings. The van der Waals surface area contributed by atoms with Crippen molar-refractivity contribution < 1.29 is 0 Å². The summed E-state index contributed by atoms with van der Waals surface area (Å²) in [5.74, 6) is 0. The maximum absolute atomic E-state index is 5.44. The Hall–Kier alpha value is -1.16. The minimum Gasteiger partial charge on any atom is -0.330 e. The molecule has 0 saturated heterocycles. The third-order valence-corrected chi connectivity index (χ3v) is 2.12. The van der Waals surface area contributed by atoms with E-state index in [1.807, 2.05) is 18.5 Å². The molecule has 0 aliphatic rings. The molecule has 0 saturated carbocycles. The summed E-state index contributed by atoms with van der Waals surface area (Å²) >= 11 is 0. The van der Waals surface area contributed by atoms with Gasteiger partial charge in [0.1, 0.15) is 0 Å². The first-order valence-corrected chi connectivity index (χ1v) is 4.88. The van der Waals surface area contributed by atoms with E-state index in [9.17, 15) is 0 Å². The Labute approximate surface area is 84.8 Å². The average Bonchev–Trinajstić information content (AvgIpc) is 2.45. The van der Waals surface area contributed by atoms with Gasteiger partial charge < -0.3 is 5.73 Å². The number of allylic oxidation sites excluding steroid dienone is 1. The molecule has 0 spiro atoms. The first kappa shape index (κ1) is 10.9. The summed E-state index contributed by atoms with van der Waals surface area (Å²) in [7, 11) is 0. The topological polar surface area (TPSA) is 56.7 Å². The fraction of sp³-hybridized carbons (Fsp3) is 0.600. The highest BCUT2D eigenvalue weighted by atomic mass is 15.4. The summed E-state index contributed by atoms with van der Waals surface area (Å²) in [6.45, 7) is 9.33. The van der Waals surface area contributed by atoms with E-state index in [0.29, 0.717) is 6.54 Å². The third kappa shape index (κ3) is 2.67. The monoisotopic (exact) mass is 194 g/mol. The van der Waals surface area contributed by atoms with Gasteiger partial charge in [-0.25, -0.2) is 4.68 Å². The van der Waals surface area contributed by atoms with Crippen molar-refractivity contribution in [2.75, 3.05) is 6.54 Å². The molecule has 0 aliphatic carbocycles. The van der Waals surface area contributed by atoms with Gasteiger partial charge in [-0.1, -0.05) is 17.4 Å². The standard InChI is InChI=1S/C10H18N4/c1-8(2)7-14-9(3)10(12-13-14)5-4-6-11/h1,4-7,11H2,2-3H3. The van der Waals surface area contributed by atoms with Gasteiger partial charge in [-0.15, -0.1) is 5.10 Å². The quantitative estimate of drug-likeness (QED) is 0.713. The lowest BCUT2D eigenvalue weighted by Gasteiger charge is -2.02. The molecule has 1 rings (SSSR count). The largest absolute Gasteiger partial charge is 0.330 e. The Morgan fingerprint density at radius 1 is 1.57 bits per heavy atom. The van der Waals surface area contributed by atoms with Crippen LogP contribution < -0.4 is 5.73 Å². The van der Waals surface area contributed by atoms with E-state index in [0.717, 1.165) is 36.3 Å². The van der Waals surface area contributed by atoms with Crippen LogP contribution in [0.3, 0.4) is 0 Å². The van der Waals surface area contributed by atoms with Crippen LogP contribution >= 0.6 is 0 Å². The third-order valence-electron chi connectivity index (χ3n) is 2.12. The van der Waals surface area contributed by atoms with Crippen molar-refractivity contribution in [3.63, 3.8) is 0 Å². The Morgan fingerprint density at radius 2 is 2.29 bits per heavy atom. The Morgan fingerprint density at radius 3 is 2.86 bits per heavy atom. The van der Waals surface area contributed by atoms with E-state index in [1.165, 1.54) is 0 Å². The fourth-order valence-electron chi connectivity index (χ4n) is 1.30. The highest BCUT2D eigenvalue weighted by molar-refractivity contribution is 5.09. The van der Waals surface area contributed by atoms with Crippen LogP contribution in [0.1, 0.15) is 24.7 Å². The van der Waals surface area contributed by atoms with Gasteiger partial charge >= 0.3 is 0 Å². The van der Waals surface area contributed by atoms with Crippen molar-refractivity contribution in [1.29, 1.82) is 0 Å². The van der Waals surface area contributed by atoms with E-state index in [-0.39, 0.29) is 0 Å². The van der Waals surface area contributed by atoms with Crippen molar-refractivity contribution in [1.82, 2.24) is 15.0 Å². The predicted octanol–water partition coefficient (Wildman–Crippen LogP) is 1.05. The minimum absolute atomic E-state index is 0.701. The van der Waals surface area contributed by atoms with Crippen LogP contribution in [0, 0.1) is 6.92 Å². The van der Waals surface area contributed by atoms with Gasteiger partial charge in [-0.2, -0.15) is 0 Å². The SMILES string of the molecule is C=C(C)Cn1nnc(CCCN)c1C. The van der Waals surface area contributed by atoms with Crippen LogP contribution in [0.15, 0.2) is 12.2 Å². The number of nitrogens with zero attached hydrogens (tertiary/aromatic N) is 3. The lowest BCUT2D eigenvalue weighted by atomic mass is 10.2. The van der Waals surface area contributed by atoms with Crippen molar-refractivity contribution in [3.8, 4) is 0 Å². The summed E-state index contributed by atoms with van der Waals surface area (Å²) in [6.07, 6.45) is 1.88. The summed E-state index contributed by atoms with van der Waals surface area (Å²) in [4.78, 5) is 0. The second kappa shape index (κ2) is 4.91. The first-order valence-electron chi connectivity index (χ1n) is 4.88. The molecule has 1 aromatic heterocycles. The summed E-state index contributed by atoms with van der Waals surface area (Å²) < 4.78 is 1.88. The van der Waals surface area contributed by atoms with Crippen molar-refractivity contribution in [2.24, 2.45) is 5.73 Å². The molecule has 4 nitrogen and oxygen atoms in total. The Balaban J connectivity index is 2.69. The second-order valence-corrected chi connectivity index (χ2v) is 3.63. The molecule has 0 radical (unpaired) electrons. The molecular formula is C10H18N4. The van der Waals surface area contributed by atoms with Crippen LogP contribution in [0.5, 0.6) is 0 Å². The number of aromatic nitrogens is 3. The molecule has 2 N–H and O–H groups in total. The van der Waals surface area contributed by atoms with Gasteiger partial charge in [0.05, 0.1) is 17.9 Å². The zero-order valence-corrected chi connectivity index (χ0v) is 8.95. The number of rotatable bonds is 5. The summed E-state index contributed by atoms with van der Waals surface area (Å²) in [5, 5.41) is 8.20. The van der Waals surface area contributed by atoms with E-state index in [2.05, 4.69) is 16.9 Å². The molecule has 0 amide bonds. The molecule has 78 valence electrons. The molecule has 1 heterocycles. The Bertz CT molecular complexity index is 314. The molecule has 0 unspecified atom stereocenters. The zero-order chi connectivity index (χ0) is 10.6. The molecule has 14 heavy (non-hydrogen) atoms. The molecule has 0 atom stereocenters. The number of aryl methyl sites for hydroxylation is 1. The van der Waals surface area contributed by atoms with Crippen LogP contribution in [0.4, 0.5) is 0 Å². The molecule has 0 bridgehead atoms. The van der Waals surface area contributed by atoms with E-state index < -0.39 is 0 Å². The van der Waals surface area contributed by atoms with Crippen LogP contribution in [0.25, 0.3) is 0 Å². The Kier molecular flexibility index (Phi) is 3.83. The van der Waals surface area contributed by atoms with Gasteiger partial charge in [0.2, 0.25) is 0 Å². The van der Waals surface area contributed by atoms with E-state index >= 15 is 0 Å². The molecule has 0 fully saturated rings. The average molecular weight is 194 g/mol. The molecule has 0 aromatic carbocycles. The number of hydrogen-bond donors (Lipinski definition) is 1. The zero-order valence-electron chi connectivity index (χ0n) is 8.95. The van der Waals surface area contributed by atoms with Gasteiger partial charge in [-0.05, 0) is 33.2 Å². The van der Waals surface area contributed by atoms with Crippen LogP contribution in [-0.4, -0.2) is 21.5 Å². The highest BCUT2D eigenvalue weighted by Crippen LogP contribution is 2.07. The maximum atomic E-state index is 5.44. The van der Waals surface area contributed by atoms with Gasteiger partial charge in [0.15, 0.2) is 0 Å². The molecule has 4 heteroatoms. The lowest BCUT2D eigenvalue weighted by Crippen LogP contribution is -2.04. The van der Waals surface area contributed by atoms with Crippen molar-refractivity contribution in [2.45, 2.75) is 33.2 Å². The van der Waals surface area contributed by atoms with Gasteiger partial charge in [0.25, 0.3) is 0 Å². The van der Waals surface area contributed by atoms with Gasteiger partial charge in [-0.3, -0.25) is 0 Å². The van der Waals surface area contributed by atoms with Crippen LogP contribution in [0.2, 0.25) is 0 Å². The lowest BCUT2D eigenvalue weighted by molar-refractivity contribution is 0.627. The highest BCUT2D eigenvalue weighted by Gasteiger charge is 2.07. The summed E-state index contributed by atoms with van der Waals surface area (Å²) in [5.41, 5.74) is 8.71. The molecular weight excluding hydrogens is 176 g/mol.